The molecule has 1 amide bonds. The average molecular weight is 293 g/mol. The van der Waals surface area contributed by atoms with Crippen molar-refractivity contribution in [2.45, 2.75) is 38.5 Å². The molecule has 1 aliphatic carbocycles. The van der Waals surface area contributed by atoms with E-state index in [0.717, 1.165) is 37.1 Å². The number of carbonyl (C=O) groups excluding carboxylic acids is 1. The summed E-state index contributed by atoms with van der Waals surface area (Å²) in [5, 5.41) is 3.33. The van der Waals surface area contributed by atoms with Crippen molar-refractivity contribution in [3.8, 4) is 0 Å². The molecule has 4 rings (SSSR count). The Morgan fingerprint density at radius 2 is 1.91 bits per heavy atom. The molecule has 22 heavy (non-hydrogen) atoms. The van der Waals surface area contributed by atoms with Crippen molar-refractivity contribution in [1.82, 2.24) is 15.2 Å². The van der Waals surface area contributed by atoms with E-state index in [0.29, 0.717) is 12.6 Å². The van der Waals surface area contributed by atoms with Gasteiger partial charge in [-0.25, -0.2) is 0 Å². The highest BCUT2D eigenvalue weighted by Crippen LogP contribution is 2.30. The number of benzene rings is 1. The van der Waals surface area contributed by atoms with Crippen LogP contribution in [0.4, 0.5) is 0 Å². The second-order valence-electron chi connectivity index (χ2n) is 6.11. The summed E-state index contributed by atoms with van der Waals surface area (Å²) in [5.41, 5.74) is 4.51. The molecular weight excluding hydrogens is 274 g/mol. The van der Waals surface area contributed by atoms with E-state index in [4.69, 9.17) is 0 Å². The average Bonchev–Trinajstić information content (AvgIpc) is 3.29. The molecule has 1 saturated carbocycles. The molecule has 0 unspecified atom stereocenters. The molecule has 1 aliphatic heterocycles. The highest BCUT2D eigenvalue weighted by molar-refractivity contribution is 5.95. The largest absolute Gasteiger partial charge is 0.331 e. The van der Waals surface area contributed by atoms with Gasteiger partial charge in [-0.05, 0) is 53.8 Å². The number of hydrogen-bond donors (Lipinski definition) is 1. The Kier molecular flexibility index (Phi) is 3.39. The van der Waals surface area contributed by atoms with Crippen molar-refractivity contribution in [2.24, 2.45) is 0 Å². The van der Waals surface area contributed by atoms with Crippen LogP contribution in [0, 0.1) is 0 Å². The van der Waals surface area contributed by atoms with Gasteiger partial charge in [0, 0.05) is 43.6 Å². The Bertz CT molecular complexity index is 695. The minimum Gasteiger partial charge on any atom is -0.331 e. The summed E-state index contributed by atoms with van der Waals surface area (Å²) >= 11 is 0. The third-order valence-corrected chi connectivity index (χ3v) is 4.43. The van der Waals surface area contributed by atoms with E-state index >= 15 is 0 Å². The Morgan fingerprint density at radius 1 is 1.14 bits per heavy atom. The lowest BCUT2D eigenvalue weighted by Crippen LogP contribution is -2.32. The fourth-order valence-electron chi connectivity index (χ4n) is 3.03. The van der Waals surface area contributed by atoms with Crippen LogP contribution in [-0.4, -0.2) is 21.8 Å². The number of rotatable bonds is 4. The van der Waals surface area contributed by atoms with Gasteiger partial charge in [0.15, 0.2) is 0 Å². The zero-order valence-corrected chi connectivity index (χ0v) is 12.5. The smallest absolute Gasteiger partial charge is 0.254 e. The van der Waals surface area contributed by atoms with Crippen LogP contribution in [-0.2, 0) is 19.6 Å². The van der Waals surface area contributed by atoms with Gasteiger partial charge < -0.3 is 10.2 Å². The maximum absolute atomic E-state index is 12.9. The Morgan fingerprint density at radius 3 is 2.68 bits per heavy atom. The van der Waals surface area contributed by atoms with Crippen molar-refractivity contribution in [1.29, 1.82) is 0 Å². The van der Waals surface area contributed by atoms with Crippen LogP contribution in [0.1, 0.15) is 39.9 Å². The second kappa shape index (κ2) is 5.54. The first-order valence-corrected chi connectivity index (χ1v) is 7.83. The van der Waals surface area contributed by atoms with Crippen molar-refractivity contribution < 1.29 is 4.79 Å². The normalized spacial score (nSPS) is 16.4. The molecule has 1 fully saturated rings. The lowest BCUT2D eigenvalue weighted by Gasteiger charge is -2.23. The number of fused-ring (bicyclic) bond motifs is 1. The fraction of sp³-hybridized carbons (Fsp3) is 0.333. The van der Waals surface area contributed by atoms with Gasteiger partial charge in [-0.2, -0.15) is 0 Å². The van der Waals surface area contributed by atoms with E-state index in [-0.39, 0.29) is 5.91 Å². The lowest BCUT2D eigenvalue weighted by atomic mass is 10.1. The third-order valence-electron chi connectivity index (χ3n) is 4.43. The van der Waals surface area contributed by atoms with Crippen molar-refractivity contribution >= 4 is 5.91 Å². The van der Waals surface area contributed by atoms with Gasteiger partial charge in [0.2, 0.25) is 0 Å². The number of amides is 1. The van der Waals surface area contributed by atoms with E-state index in [9.17, 15) is 4.79 Å². The highest BCUT2D eigenvalue weighted by atomic mass is 16.2. The molecule has 0 bridgehead atoms. The van der Waals surface area contributed by atoms with Crippen LogP contribution < -0.4 is 5.32 Å². The zero-order chi connectivity index (χ0) is 14.9. The standard InChI is InChI=1S/C18H19N3O/c22-18(14-1-2-15-10-20-11-16(15)9-14)21(17-3-4-17)12-13-5-7-19-8-6-13/h1-2,5-9,17,20H,3-4,10-12H2. The molecule has 2 aliphatic rings. The van der Waals surface area contributed by atoms with Gasteiger partial charge in [-0.3, -0.25) is 9.78 Å². The number of pyridine rings is 1. The van der Waals surface area contributed by atoms with E-state index in [2.05, 4.69) is 22.4 Å². The summed E-state index contributed by atoms with van der Waals surface area (Å²) in [6.07, 6.45) is 5.80. The molecule has 112 valence electrons. The maximum Gasteiger partial charge on any atom is 0.254 e. The van der Waals surface area contributed by atoms with E-state index in [1.807, 2.05) is 23.1 Å². The lowest BCUT2D eigenvalue weighted by molar-refractivity contribution is 0.0730. The molecule has 2 heterocycles. The van der Waals surface area contributed by atoms with Gasteiger partial charge >= 0.3 is 0 Å². The van der Waals surface area contributed by atoms with Gasteiger partial charge in [-0.15, -0.1) is 0 Å². The first-order valence-electron chi connectivity index (χ1n) is 7.83. The molecule has 4 nitrogen and oxygen atoms in total. The van der Waals surface area contributed by atoms with Gasteiger partial charge in [-0.1, -0.05) is 6.07 Å². The molecule has 1 aromatic heterocycles. The van der Waals surface area contributed by atoms with Gasteiger partial charge in [0.25, 0.3) is 5.91 Å². The molecule has 0 radical (unpaired) electrons. The molecule has 4 heteroatoms. The van der Waals surface area contributed by atoms with Crippen molar-refractivity contribution in [2.75, 3.05) is 0 Å². The topological polar surface area (TPSA) is 45.2 Å². The molecule has 0 atom stereocenters. The Labute approximate surface area is 130 Å². The van der Waals surface area contributed by atoms with Crippen LogP contribution in [0.25, 0.3) is 0 Å². The summed E-state index contributed by atoms with van der Waals surface area (Å²) in [5.74, 6) is 0.147. The number of nitrogens with one attached hydrogen (secondary N) is 1. The SMILES string of the molecule is O=C(c1ccc2c(c1)CNC2)N(Cc1ccncc1)C1CC1. The van der Waals surface area contributed by atoms with Gasteiger partial charge in [0.1, 0.15) is 0 Å². The number of aromatic nitrogens is 1. The van der Waals surface area contributed by atoms with Crippen LogP contribution in [0.15, 0.2) is 42.7 Å². The van der Waals surface area contributed by atoms with Crippen LogP contribution in [0.5, 0.6) is 0 Å². The molecular formula is C18H19N3O. The third kappa shape index (κ3) is 2.62. The number of carbonyl (C=O) groups is 1. The predicted molar refractivity (Wildman–Crippen MR) is 84.1 cm³/mol. The monoisotopic (exact) mass is 293 g/mol. The minimum absolute atomic E-state index is 0.147. The molecule has 0 spiro atoms. The molecule has 1 aromatic carbocycles. The highest BCUT2D eigenvalue weighted by Gasteiger charge is 2.33. The van der Waals surface area contributed by atoms with E-state index < -0.39 is 0 Å². The van der Waals surface area contributed by atoms with E-state index in [1.165, 1.54) is 11.1 Å². The summed E-state index contributed by atoms with van der Waals surface area (Å²) in [4.78, 5) is 19.0. The summed E-state index contributed by atoms with van der Waals surface area (Å²) in [7, 11) is 0. The fourth-order valence-corrected chi connectivity index (χ4v) is 3.03. The molecule has 2 aromatic rings. The molecule has 1 N–H and O–H groups in total. The van der Waals surface area contributed by atoms with Crippen molar-refractivity contribution in [3.05, 3.63) is 65.0 Å². The Hall–Kier alpha value is -2.20. The molecule has 0 saturated heterocycles. The Balaban J connectivity index is 1.58. The number of hydrogen-bond acceptors (Lipinski definition) is 3. The van der Waals surface area contributed by atoms with Gasteiger partial charge in [0.05, 0.1) is 0 Å². The summed E-state index contributed by atoms with van der Waals surface area (Å²) in [6.45, 7) is 2.44. The summed E-state index contributed by atoms with van der Waals surface area (Å²) < 4.78 is 0. The quantitative estimate of drug-likeness (QED) is 0.942. The minimum atomic E-state index is 0.147. The van der Waals surface area contributed by atoms with Crippen LogP contribution in [0.3, 0.4) is 0 Å². The maximum atomic E-state index is 12.9. The first kappa shape index (κ1) is 13.5. The predicted octanol–water partition coefficient (Wildman–Crippen LogP) is 2.49. The number of nitrogens with zero attached hydrogens (tertiary/aromatic N) is 2. The van der Waals surface area contributed by atoms with Crippen molar-refractivity contribution in [3.63, 3.8) is 0 Å². The first-order chi connectivity index (χ1) is 10.8. The van der Waals surface area contributed by atoms with Crippen LogP contribution >= 0.6 is 0 Å². The summed E-state index contributed by atoms with van der Waals surface area (Å²) in [6, 6.07) is 10.5. The van der Waals surface area contributed by atoms with E-state index in [1.54, 1.807) is 12.4 Å². The van der Waals surface area contributed by atoms with Crippen LogP contribution in [0.2, 0.25) is 0 Å². The zero-order valence-electron chi connectivity index (χ0n) is 12.5. The second-order valence-corrected chi connectivity index (χ2v) is 6.11.